The molecule has 2 aromatic carbocycles. The van der Waals surface area contributed by atoms with Gasteiger partial charge in [0.05, 0.1) is 4.47 Å². The van der Waals surface area contributed by atoms with Crippen molar-refractivity contribution in [2.24, 2.45) is 0 Å². The number of rotatable bonds is 2. The maximum Gasteiger partial charge on any atom is 0.159 e. The van der Waals surface area contributed by atoms with Gasteiger partial charge in [0, 0.05) is 15.5 Å². The third kappa shape index (κ3) is 2.81. The number of anilines is 1. The fourth-order valence-electron chi connectivity index (χ4n) is 1.30. The van der Waals surface area contributed by atoms with E-state index < -0.39 is 17.5 Å². The molecule has 0 saturated heterocycles. The van der Waals surface area contributed by atoms with Crippen LogP contribution in [0, 0.1) is 17.5 Å². The Morgan fingerprint density at radius 1 is 0.944 bits per heavy atom. The van der Waals surface area contributed by atoms with Crippen LogP contribution in [-0.4, -0.2) is 0 Å². The van der Waals surface area contributed by atoms with E-state index in [1.54, 1.807) is 0 Å². The lowest BCUT2D eigenvalue weighted by Crippen LogP contribution is -1.91. The first-order valence-electron chi connectivity index (χ1n) is 4.85. The van der Waals surface area contributed by atoms with Gasteiger partial charge in [-0.05, 0) is 46.3 Å². The number of halogens is 4. The SMILES string of the molecule is Nc1cc(Br)c(F)cc1Sc1ccc(F)c(F)c1. The van der Waals surface area contributed by atoms with Gasteiger partial charge in [0.25, 0.3) is 0 Å². The summed E-state index contributed by atoms with van der Waals surface area (Å²) in [4.78, 5) is 0.893. The molecule has 0 amide bonds. The van der Waals surface area contributed by atoms with Crippen LogP contribution in [-0.2, 0) is 0 Å². The maximum atomic E-state index is 13.4. The standard InChI is InChI=1S/C12H7BrF3NS/c13-7-4-11(17)12(5-9(7)15)18-6-1-2-8(14)10(16)3-6/h1-5H,17H2. The van der Waals surface area contributed by atoms with Crippen LogP contribution >= 0.6 is 27.7 Å². The van der Waals surface area contributed by atoms with Gasteiger partial charge < -0.3 is 5.73 Å². The molecule has 0 fully saturated rings. The Hall–Kier alpha value is -1.14. The van der Waals surface area contributed by atoms with E-state index in [-0.39, 0.29) is 4.47 Å². The molecule has 0 saturated carbocycles. The van der Waals surface area contributed by atoms with Crippen LogP contribution in [0.1, 0.15) is 0 Å². The molecule has 0 aliphatic carbocycles. The fraction of sp³-hybridized carbons (Fsp3) is 0. The van der Waals surface area contributed by atoms with Gasteiger partial charge in [0.2, 0.25) is 0 Å². The summed E-state index contributed by atoms with van der Waals surface area (Å²) < 4.78 is 39.4. The number of benzene rings is 2. The zero-order valence-electron chi connectivity index (χ0n) is 8.88. The van der Waals surface area contributed by atoms with Crippen LogP contribution in [0.5, 0.6) is 0 Å². The second-order valence-electron chi connectivity index (χ2n) is 3.48. The average molecular weight is 334 g/mol. The van der Waals surface area contributed by atoms with Crippen molar-refractivity contribution >= 4 is 33.4 Å². The van der Waals surface area contributed by atoms with E-state index in [0.29, 0.717) is 15.5 Å². The average Bonchev–Trinajstić information content (AvgIpc) is 2.31. The number of hydrogen-bond acceptors (Lipinski definition) is 2. The molecule has 6 heteroatoms. The minimum atomic E-state index is -0.948. The second-order valence-corrected chi connectivity index (χ2v) is 5.45. The lowest BCUT2D eigenvalue weighted by Gasteiger charge is -2.07. The van der Waals surface area contributed by atoms with Crippen LogP contribution in [0.2, 0.25) is 0 Å². The fourth-order valence-corrected chi connectivity index (χ4v) is 2.55. The molecule has 0 spiro atoms. The maximum absolute atomic E-state index is 13.4. The summed E-state index contributed by atoms with van der Waals surface area (Å²) >= 11 is 4.08. The number of hydrogen-bond donors (Lipinski definition) is 1. The van der Waals surface area contributed by atoms with Gasteiger partial charge >= 0.3 is 0 Å². The van der Waals surface area contributed by atoms with Crippen molar-refractivity contribution in [1.82, 2.24) is 0 Å². The Balaban J connectivity index is 2.34. The molecule has 1 nitrogen and oxygen atoms in total. The van der Waals surface area contributed by atoms with Gasteiger partial charge in [-0.25, -0.2) is 13.2 Å². The molecule has 0 aromatic heterocycles. The Kier molecular flexibility index (Phi) is 3.87. The molecule has 2 aromatic rings. The molecule has 2 rings (SSSR count). The molecule has 0 heterocycles. The minimum absolute atomic E-state index is 0.259. The van der Waals surface area contributed by atoms with Crippen LogP contribution in [0.25, 0.3) is 0 Å². The predicted molar refractivity (Wildman–Crippen MR) is 69.0 cm³/mol. The molecule has 18 heavy (non-hydrogen) atoms. The van der Waals surface area contributed by atoms with Gasteiger partial charge in [0.15, 0.2) is 11.6 Å². The quantitative estimate of drug-likeness (QED) is 0.813. The third-order valence-electron chi connectivity index (χ3n) is 2.17. The molecule has 0 radical (unpaired) electrons. The van der Waals surface area contributed by atoms with E-state index in [9.17, 15) is 13.2 Å². The van der Waals surface area contributed by atoms with Gasteiger partial charge in [-0.2, -0.15) is 0 Å². The summed E-state index contributed by atoms with van der Waals surface area (Å²) in [7, 11) is 0. The molecule has 94 valence electrons. The van der Waals surface area contributed by atoms with E-state index in [1.165, 1.54) is 18.2 Å². The zero-order chi connectivity index (χ0) is 13.3. The highest BCUT2D eigenvalue weighted by molar-refractivity contribution is 9.10. The Labute approximate surface area is 114 Å². The Morgan fingerprint density at radius 2 is 1.67 bits per heavy atom. The molecule has 0 aliphatic heterocycles. The summed E-state index contributed by atoms with van der Waals surface area (Å²) in [5.41, 5.74) is 6.08. The highest BCUT2D eigenvalue weighted by Crippen LogP contribution is 2.35. The number of nitrogen functional groups attached to an aromatic ring is 1. The third-order valence-corrected chi connectivity index (χ3v) is 3.84. The molecular weight excluding hydrogens is 327 g/mol. The van der Waals surface area contributed by atoms with Crippen molar-refractivity contribution in [3.05, 3.63) is 52.3 Å². The summed E-state index contributed by atoms with van der Waals surface area (Å²) in [6.45, 7) is 0. The number of nitrogens with two attached hydrogens (primary N) is 1. The Morgan fingerprint density at radius 3 is 2.33 bits per heavy atom. The topological polar surface area (TPSA) is 26.0 Å². The summed E-state index contributed by atoms with van der Waals surface area (Å²) in [5.74, 6) is -2.33. The molecule has 0 aliphatic rings. The molecule has 0 atom stereocenters. The lowest BCUT2D eigenvalue weighted by molar-refractivity contribution is 0.506. The highest BCUT2D eigenvalue weighted by atomic mass is 79.9. The van der Waals surface area contributed by atoms with Crippen LogP contribution in [0.4, 0.5) is 18.9 Å². The van der Waals surface area contributed by atoms with E-state index >= 15 is 0 Å². The molecule has 0 bridgehead atoms. The van der Waals surface area contributed by atoms with Crippen molar-refractivity contribution in [1.29, 1.82) is 0 Å². The van der Waals surface area contributed by atoms with Crippen molar-refractivity contribution < 1.29 is 13.2 Å². The smallest absolute Gasteiger partial charge is 0.159 e. The first kappa shape index (κ1) is 13.3. The minimum Gasteiger partial charge on any atom is -0.398 e. The van der Waals surface area contributed by atoms with Gasteiger partial charge in [-0.1, -0.05) is 11.8 Å². The van der Waals surface area contributed by atoms with Gasteiger partial charge in [-0.3, -0.25) is 0 Å². The van der Waals surface area contributed by atoms with Crippen LogP contribution < -0.4 is 5.73 Å². The first-order chi connectivity index (χ1) is 8.47. The van der Waals surface area contributed by atoms with E-state index in [4.69, 9.17) is 5.73 Å². The second kappa shape index (κ2) is 5.24. The van der Waals surface area contributed by atoms with Crippen molar-refractivity contribution in [3.8, 4) is 0 Å². The van der Waals surface area contributed by atoms with Crippen molar-refractivity contribution in [2.45, 2.75) is 9.79 Å². The summed E-state index contributed by atoms with van der Waals surface area (Å²) in [5, 5.41) is 0. The largest absolute Gasteiger partial charge is 0.398 e. The molecule has 2 N–H and O–H groups in total. The van der Waals surface area contributed by atoms with E-state index in [0.717, 1.165) is 23.9 Å². The summed E-state index contributed by atoms with van der Waals surface area (Å²) in [6.07, 6.45) is 0. The molecular formula is C12H7BrF3NS. The van der Waals surface area contributed by atoms with Gasteiger partial charge in [0.1, 0.15) is 5.82 Å². The zero-order valence-corrected chi connectivity index (χ0v) is 11.3. The van der Waals surface area contributed by atoms with Crippen LogP contribution in [0.15, 0.2) is 44.6 Å². The summed E-state index contributed by atoms with van der Waals surface area (Å²) in [6, 6.07) is 6.13. The van der Waals surface area contributed by atoms with Gasteiger partial charge in [-0.15, -0.1) is 0 Å². The highest BCUT2D eigenvalue weighted by Gasteiger charge is 2.09. The lowest BCUT2D eigenvalue weighted by atomic mass is 10.3. The van der Waals surface area contributed by atoms with Crippen molar-refractivity contribution in [3.63, 3.8) is 0 Å². The van der Waals surface area contributed by atoms with E-state index in [1.807, 2.05) is 0 Å². The van der Waals surface area contributed by atoms with E-state index in [2.05, 4.69) is 15.9 Å². The Bertz CT molecular complexity index is 604. The first-order valence-corrected chi connectivity index (χ1v) is 6.46. The molecule has 0 unspecified atom stereocenters. The predicted octanol–water partition coefficient (Wildman–Crippen LogP) is 4.60. The van der Waals surface area contributed by atoms with Crippen molar-refractivity contribution in [2.75, 3.05) is 5.73 Å². The monoisotopic (exact) mass is 333 g/mol. The normalized spacial score (nSPS) is 10.7. The van der Waals surface area contributed by atoms with Crippen LogP contribution in [0.3, 0.4) is 0 Å².